The molecule has 19 heavy (non-hydrogen) atoms. The van der Waals surface area contributed by atoms with Gasteiger partial charge in [0.1, 0.15) is 0 Å². The third-order valence-corrected chi connectivity index (χ3v) is 3.45. The Hall–Kier alpha value is -2.13. The fourth-order valence-corrected chi connectivity index (χ4v) is 2.48. The van der Waals surface area contributed by atoms with Gasteiger partial charge in [-0.15, -0.1) is 0 Å². The zero-order valence-electron chi connectivity index (χ0n) is 11.2. The Morgan fingerprint density at radius 2 is 2.05 bits per heavy atom. The first kappa shape index (κ1) is 11.9. The molecule has 3 nitrogen and oxygen atoms in total. The first-order valence-electron chi connectivity index (χ1n) is 6.46. The van der Waals surface area contributed by atoms with E-state index in [1.807, 2.05) is 31.3 Å². The van der Waals surface area contributed by atoms with Gasteiger partial charge in [0, 0.05) is 24.0 Å². The number of hydrogen-bond acceptors (Lipinski definition) is 2. The third-order valence-electron chi connectivity index (χ3n) is 3.45. The van der Waals surface area contributed by atoms with Gasteiger partial charge < -0.3 is 10.1 Å². The van der Waals surface area contributed by atoms with Crippen LogP contribution in [0.3, 0.4) is 0 Å². The van der Waals surface area contributed by atoms with Crippen molar-refractivity contribution in [3.8, 4) is 11.4 Å². The van der Waals surface area contributed by atoms with Gasteiger partial charge in [0.05, 0.1) is 11.4 Å². The molecule has 1 unspecified atom stereocenters. The molecule has 2 N–H and O–H groups in total. The summed E-state index contributed by atoms with van der Waals surface area (Å²) in [5.74, 6) is 0. The summed E-state index contributed by atoms with van der Waals surface area (Å²) in [5, 5.41) is 0. The number of fused-ring (bicyclic) bond motifs is 1. The van der Waals surface area contributed by atoms with Crippen LogP contribution < -0.4 is 5.73 Å². The molecule has 0 radical (unpaired) electrons. The van der Waals surface area contributed by atoms with Crippen LogP contribution in [0.1, 0.15) is 24.1 Å². The fraction of sp³-hybridized carbons (Fsp3) is 0.188. The highest BCUT2D eigenvalue weighted by molar-refractivity contribution is 5.72. The van der Waals surface area contributed by atoms with Crippen molar-refractivity contribution in [2.45, 2.75) is 19.9 Å². The Labute approximate surface area is 112 Å². The number of hydrogen-bond donors (Lipinski definition) is 1. The molecule has 3 heterocycles. The first-order chi connectivity index (χ1) is 9.18. The third kappa shape index (κ3) is 1.92. The number of aromatic nitrogens is 2. The second kappa shape index (κ2) is 4.52. The van der Waals surface area contributed by atoms with E-state index in [4.69, 9.17) is 5.73 Å². The van der Waals surface area contributed by atoms with Gasteiger partial charge in [-0.05, 0) is 49.2 Å². The van der Waals surface area contributed by atoms with Crippen LogP contribution in [0.2, 0.25) is 0 Å². The van der Waals surface area contributed by atoms with Gasteiger partial charge in [-0.3, -0.25) is 4.98 Å². The molecular weight excluding hydrogens is 234 g/mol. The highest BCUT2D eigenvalue weighted by Crippen LogP contribution is 2.30. The summed E-state index contributed by atoms with van der Waals surface area (Å²) in [5.41, 5.74) is 11.7. The molecule has 3 aromatic rings. The monoisotopic (exact) mass is 251 g/mol. The van der Waals surface area contributed by atoms with Crippen LogP contribution in [0.15, 0.2) is 48.8 Å². The minimum Gasteiger partial charge on any atom is -0.324 e. The second-order valence-electron chi connectivity index (χ2n) is 4.90. The van der Waals surface area contributed by atoms with E-state index >= 15 is 0 Å². The summed E-state index contributed by atoms with van der Waals surface area (Å²) < 4.78 is 2.18. The molecule has 3 aromatic heterocycles. The molecule has 0 bridgehead atoms. The Bertz CT molecular complexity index is 711. The number of pyridine rings is 2. The van der Waals surface area contributed by atoms with E-state index < -0.39 is 0 Å². The molecule has 96 valence electrons. The number of nitrogens with two attached hydrogens (primary N) is 1. The summed E-state index contributed by atoms with van der Waals surface area (Å²) in [6.45, 7) is 4.12. The average Bonchev–Trinajstić information content (AvgIpc) is 2.81. The van der Waals surface area contributed by atoms with Crippen LogP contribution in [0.25, 0.3) is 16.9 Å². The summed E-state index contributed by atoms with van der Waals surface area (Å²) in [7, 11) is 0. The lowest BCUT2D eigenvalue weighted by Crippen LogP contribution is -2.06. The molecule has 0 spiro atoms. The van der Waals surface area contributed by atoms with E-state index in [0.717, 1.165) is 17.0 Å². The molecule has 0 amide bonds. The summed E-state index contributed by atoms with van der Waals surface area (Å²) in [6, 6.07) is 12.3. The Kier molecular flexibility index (Phi) is 2.84. The Balaban J connectivity index is 2.38. The van der Waals surface area contributed by atoms with Crippen LogP contribution in [0.5, 0.6) is 0 Å². The van der Waals surface area contributed by atoms with Gasteiger partial charge in [0.15, 0.2) is 0 Å². The molecule has 0 saturated carbocycles. The molecular formula is C16H17N3. The van der Waals surface area contributed by atoms with Crippen molar-refractivity contribution in [3.05, 3.63) is 59.9 Å². The molecule has 0 saturated heterocycles. The molecule has 0 fully saturated rings. The van der Waals surface area contributed by atoms with Crippen LogP contribution in [-0.4, -0.2) is 9.38 Å². The maximum Gasteiger partial charge on any atom is 0.0873 e. The van der Waals surface area contributed by atoms with Gasteiger partial charge in [-0.2, -0.15) is 0 Å². The molecule has 3 heteroatoms. The van der Waals surface area contributed by atoms with Crippen LogP contribution in [0, 0.1) is 6.92 Å². The van der Waals surface area contributed by atoms with Crippen molar-refractivity contribution in [1.82, 2.24) is 9.38 Å². The lowest BCUT2D eigenvalue weighted by atomic mass is 10.1. The van der Waals surface area contributed by atoms with Gasteiger partial charge in [0.2, 0.25) is 0 Å². The SMILES string of the molecule is Cc1cccn2c(-c3ccccn3)c(C(C)N)cc12. The van der Waals surface area contributed by atoms with Gasteiger partial charge >= 0.3 is 0 Å². The number of aryl methyl sites for hydroxylation is 1. The lowest BCUT2D eigenvalue weighted by Gasteiger charge is -2.08. The van der Waals surface area contributed by atoms with Crippen molar-refractivity contribution >= 4 is 5.52 Å². The summed E-state index contributed by atoms with van der Waals surface area (Å²) in [6.07, 6.45) is 3.88. The summed E-state index contributed by atoms with van der Waals surface area (Å²) in [4.78, 5) is 4.47. The van der Waals surface area contributed by atoms with Crippen molar-refractivity contribution in [3.63, 3.8) is 0 Å². The Morgan fingerprint density at radius 1 is 1.21 bits per heavy atom. The average molecular weight is 251 g/mol. The van der Waals surface area contributed by atoms with Gasteiger partial charge in [-0.1, -0.05) is 12.1 Å². The number of nitrogens with zero attached hydrogens (tertiary/aromatic N) is 2. The maximum atomic E-state index is 6.12. The van der Waals surface area contributed by atoms with Crippen LogP contribution in [0.4, 0.5) is 0 Å². The minimum atomic E-state index is -0.0173. The van der Waals surface area contributed by atoms with Crippen LogP contribution in [-0.2, 0) is 0 Å². The lowest BCUT2D eigenvalue weighted by molar-refractivity contribution is 0.819. The first-order valence-corrected chi connectivity index (χ1v) is 6.46. The van der Waals surface area contributed by atoms with E-state index in [-0.39, 0.29) is 6.04 Å². The predicted octanol–water partition coefficient (Wildman–Crippen LogP) is 3.33. The zero-order chi connectivity index (χ0) is 13.4. The zero-order valence-corrected chi connectivity index (χ0v) is 11.2. The van der Waals surface area contributed by atoms with E-state index in [2.05, 4.69) is 40.7 Å². The van der Waals surface area contributed by atoms with Crippen molar-refractivity contribution in [1.29, 1.82) is 0 Å². The van der Waals surface area contributed by atoms with E-state index in [9.17, 15) is 0 Å². The summed E-state index contributed by atoms with van der Waals surface area (Å²) >= 11 is 0. The molecule has 0 aromatic carbocycles. The normalized spacial score (nSPS) is 12.8. The molecule has 0 aliphatic heterocycles. The predicted molar refractivity (Wildman–Crippen MR) is 78.0 cm³/mol. The quantitative estimate of drug-likeness (QED) is 0.759. The number of rotatable bonds is 2. The van der Waals surface area contributed by atoms with Crippen molar-refractivity contribution < 1.29 is 0 Å². The van der Waals surface area contributed by atoms with E-state index in [1.54, 1.807) is 0 Å². The van der Waals surface area contributed by atoms with Crippen molar-refractivity contribution in [2.75, 3.05) is 0 Å². The highest BCUT2D eigenvalue weighted by atomic mass is 14.9. The van der Waals surface area contributed by atoms with Crippen molar-refractivity contribution in [2.24, 2.45) is 5.73 Å². The molecule has 3 rings (SSSR count). The second-order valence-corrected chi connectivity index (χ2v) is 4.90. The molecule has 0 aliphatic rings. The smallest absolute Gasteiger partial charge is 0.0873 e. The topological polar surface area (TPSA) is 43.3 Å². The highest BCUT2D eigenvalue weighted by Gasteiger charge is 2.16. The standard InChI is InChI=1S/C16H17N3/c1-11-6-5-9-19-15(11)10-13(12(2)17)16(19)14-7-3-4-8-18-14/h3-10,12H,17H2,1-2H3. The Morgan fingerprint density at radius 3 is 2.74 bits per heavy atom. The largest absolute Gasteiger partial charge is 0.324 e. The van der Waals surface area contributed by atoms with Gasteiger partial charge in [0.25, 0.3) is 0 Å². The maximum absolute atomic E-state index is 6.12. The minimum absolute atomic E-state index is 0.0173. The van der Waals surface area contributed by atoms with Gasteiger partial charge in [-0.25, -0.2) is 0 Å². The molecule has 1 atom stereocenters. The van der Waals surface area contributed by atoms with Crippen LogP contribution >= 0.6 is 0 Å². The fourth-order valence-electron chi connectivity index (χ4n) is 2.48. The van der Waals surface area contributed by atoms with E-state index in [1.165, 1.54) is 11.1 Å². The van der Waals surface area contributed by atoms with E-state index in [0.29, 0.717) is 0 Å². The molecule has 0 aliphatic carbocycles.